The fourth-order valence-electron chi connectivity index (χ4n) is 4.87. The Labute approximate surface area is 212 Å². The molecular weight excluding hydrogens is 485 g/mol. The largest absolute Gasteiger partial charge is 0.497 e. The van der Waals surface area contributed by atoms with Gasteiger partial charge in [0.1, 0.15) is 11.6 Å². The molecular formula is C27H27F3N4O3. The molecule has 2 aromatic heterocycles. The lowest BCUT2D eigenvalue weighted by Gasteiger charge is -2.25. The zero-order valence-electron chi connectivity index (χ0n) is 20.5. The number of rotatable bonds is 7. The fraction of sp³-hybridized carbons (Fsp3) is 0.333. The summed E-state index contributed by atoms with van der Waals surface area (Å²) >= 11 is 0. The number of aliphatic hydroxyl groups is 1. The third-order valence-corrected chi connectivity index (χ3v) is 6.68. The molecule has 1 aliphatic heterocycles. The van der Waals surface area contributed by atoms with E-state index in [0.29, 0.717) is 40.7 Å². The smallest absolute Gasteiger partial charge is 0.416 e. The normalized spacial score (nSPS) is 16.1. The van der Waals surface area contributed by atoms with Crippen LogP contribution < -0.4 is 9.64 Å². The van der Waals surface area contributed by atoms with Crippen LogP contribution in [0, 0.1) is 0 Å². The number of aliphatic hydroxyl groups excluding tert-OH is 1. The standard InChI is InChI=1S/C27H27F3N4O3/c1-36-16-22-25(17-8-10-21(37-2)11-9-17)26-31-24(33-12-4-7-20(33)15-35)14-23(34(26)32-22)18-5-3-6-19(13-18)27(28,29)30/h3,5-6,8-11,13-14,20,35H,4,7,12,15-16H2,1-2H3. The van der Waals surface area contributed by atoms with Gasteiger partial charge in [0.25, 0.3) is 0 Å². The predicted molar refractivity (Wildman–Crippen MR) is 134 cm³/mol. The third-order valence-electron chi connectivity index (χ3n) is 6.68. The number of halogens is 3. The van der Waals surface area contributed by atoms with E-state index in [1.54, 1.807) is 30.9 Å². The summed E-state index contributed by atoms with van der Waals surface area (Å²) in [5, 5.41) is 14.7. The molecule has 37 heavy (non-hydrogen) atoms. The van der Waals surface area contributed by atoms with E-state index in [1.165, 1.54) is 6.07 Å². The van der Waals surface area contributed by atoms with Gasteiger partial charge in [-0.15, -0.1) is 0 Å². The van der Waals surface area contributed by atoms with Gasteiger partial charge >= 0.3 is 6.18 Å². The molecule has 0 aliphatic carbocycles. The topological polar surface area (TPSA) is 72.1 Å². The summed E-state index contributed by atoms with van der Waals surface area (Å²) in [6, 6.07) is 14.3. The van der Waals surface area contributed by atoms with E-state index in [4.69, 9.17) is 19.6 Å². The summed E-state index contributed by atoms with van der Waals surface area (Å²) in [6.45, 7) is 0.837. The van der Waals surface area contributed by atoms with E-state index in [2.05, 4.69) is 0 Å². The van der Waals surface area contributed by atoms with Gasteiger partial charge in [-0.25, -0.2) is 9.50 Å². The number of methoxy groups -OCH3 is 2. The molecule has 0 radical (unpaired) electrons. The first-order chi connectivity index (χ1) is 17.8. The second-order valence-corrected chi connectivity index (χ2v) is 8.97. The minimum absolute atomic E-state index is 0.0364. The van der Waals surface area contributed by atoms with Gasteiger partial charge in [0.2, 0.25) is 0 Å². The summed E-state index contributed by atoms with van der Waals surface area (Å²) < 4.78 is 53.0. The van der Waals surface area contributed by atoms with Crippen molar-refractivity contribution in [2.75, 3.05) is 32.3 Å². The van der Waals surface area contributed by atoms with Crippen molar-refractivity contribution in [2.24, 2.45) is 0 Å². The SMILES string of the molecule is COCc1nn2c(-c3cccc(C(F)(F)F)c3)cc(N3CCCC3CO)nc2c1-c1ccc(OC)cc1. The van der Waals surface area contributed by atoms with Crippen LogP contribution in [-0.2, 0) is 17.5 Å². The van der Waals surface area contributed by atoms with Gasteiger partial charge in [0.15, 0.2) is 5.65 Å². The highest BCUT2D eigenvalue weighted by molar-refractivity contribution is 5.83. The van der Waals surface area contributed by atoms with Crippen molar-refractivity contribution in [2.45, 2.75) is 31.7 Å². The minimum Gasteiger partial charge on any atom is -0.497 e. The highest BCUT2D eigenvalue weighted by Crippen LogP contribution is 2.37. The Morgan fingerprint density at radius 1 is 1.05 bits per heavy atom. The van der Waals surface area contributed by atoms with Crippen molar-refractivity contribution in [1.29, 1.82) is 0 Å². The van der Waals surface area contributed by atoms with Crippen molar-refractivity contribution >= 4 is 11.5 Å². The van der Waals surface area contributed by atoms with Crippen molar-refractivity contribution in [3.8, 4) is 28.1 Å². The number of aromatic nitrogens is 3. The molecule has 1 unspecified atom stereocenters. The number of anilines is 1. The summed E-state index contributed by atoms with van der Waals surface area (Å²) in [6.07, 6.45) is -2.79. The Balaban J connectivity index is 1.79. The number of hydrogen-bond donors (Lipinski definition) is 1. The molecule has 1 fully saturated rings. The number of nitrogens with zero attached hydrogens (tertiary/aromatic N) is 4. The molecule has 1 atom stereocenters. The first kappa shape index (κ1) is 25.0. The van der Waals surface area contributed by atoms with E-state index in [1.807, 2.05) is 29.2 Å². The lowest BCUT2D eigenvalue weighted by Crippen LogP contribution is -2.32. The maximum atomic E-state index is 13.6. The van der Waals surface area contributed by atoms with Crippen molar-refractivity contribution in [3.05, 3.63) is 65.9 Å². The number of alkyl halides is 3. The molecule has 0 bridgehead atoms. The molecule has 4 aromatic rings. The molecule has 194 valence electrons. The average molecular weight is 513 g/mol. The van der Waals surface area contributed by atoms with Gasteiger partial charge in [0.05, 0.1) is 48.9 Å². The van der Waals surface area contributed by atoms with Gasteiger partial charge in [-0.2, -0.15) is 18.3 Å². The zero-order valence-corrected chi connectivity index (χ0v) is 20.5. The number of ether oxygens (including phenoxy) is 2. The first-order valence-corrected chi connectivity index (χ1v) is 11.9. The molecule has 1 aliphatic rings. The molecule has 10 heteroatoms. The molecule has 0 amide bonds. The second-order valence-electron chi connectivity index (χ2n) is 8.97. The summed E-state index contributed by atoms with van der Waals surface area (Å²) in [7, 11) is 3.15. The van der Waals surface area contributed by atoms with E-state index in [0.717, 1.165) is 36.1 Å². The van der Waals surface area contributed by atoms with Gasteiger partial charge in [-0.05, 0) is 42.7 Å². The Hall–Kier alpha value is -3.63. The number of benzene rings is 2. The summed E-state index contributed by atoms with van der Waals surface area (Å²) in [4.78, 5) is 6.95. The quantitative estimate of drug-likeness (QED) is 0.367. The van der Waals surface area contributed by atoms with Crippen LogP contribution in [0.4, 0.5) is 19.0 Å². The summed E-state index contributed by atoms with van der Waals surface area (Å²) in [5.74, 6) is 1.27. The van der Waals surface area contributed by atoms with Crippen LogP contribution in [0.1, 0.15) is 24.1 Å². The second kappa shape index (κ2) is 10.0. The van der Waals surface area contributed by atoms with Crippen LogP contribution in [-0.4, -0.2) is 53.1 Å². The van der Waals surface area contributed by atoms with E-state index < -0.39 is 11.7 Å². The molecule has 0 spiro atoms. The average Bonchev–Trinajstić information content (AvgIpc) is 3.52. The molecule has 3 heterocycles. The molecule has 5 rings (SSSR count). The maximum Gasteiger partial charge on any atom is 0.416 e. The van der Waals surface area contributed by atoms with Gasteiger partial charge in [-0.3, -0.25) is 0 Å². The van der Waals surface area contributed by atoms with E-state index in [-0.39, 0.29) is 19.3 Å². The number of hydrogen-bond acceptors (Lipinski definition) is 6. The van der Waals surface area contributed by atoms with Gasteiger partial charge in [0, 0.05) is 25.3 Å². The van der Waals surface area contributed by atoms with Crippen LogP contribution in [0.2, 0.25) is 0 Å². The Bertz CT molecular complexity index is 1400. The number of fused-ring (bicyclic) bond motifs is 1. The third kappa shape index (κ3) is 4.74. The molecule has 0 saturated carbocycles. The monoisotopic (exact) mass is 512 g/mol. The minimum atomic E-state index is -4.48. The Kier molecular flexibility index (Phi) is 6.78. The van der Waals surface area contributed by atoms with Crippen molar-refractivity contribution in [1.82, 2.24) is 14.6 Å². The van der Waals surface area contributed by atoms with E-state index >= 15 is 0 Å². The van der Waals surface area contributed by atoms with Crippen LogP contribution in [0.15, 0.2) is 54.6 Å². The predicted octanol–water partition coefficient (Wildman–Crippen LogP) is 5.20. The maximum absolute atomic E-state index is 13.6. The molecule has 1 saturated heterocycles. The Morgan fingerprint density at radius 3 is 2.51 bits per heavy atom. The Morgan fingerprint density at radius 2 is 1.84 bits per heavy atom. The first-order valence-electron chi connectivity index (χ1n) is 11.9. The van der Waals surface area contributed by atoms with Crippen LogP contribution in [0.5, 0.6) is 5.75 Å². The lowest BCUT2D eigenvalue weighted by atomic mass is 10.0. The van der Waals surface area contributed by atoms with Crippen molar-refractivity contribution < 1.29 is 27.8 Å². The van der Waals surface area contributed by atoms with Crippen LogP contribution >= 0.6 is 0 Å². The molecule has 2 aromatic carbocycles. The summed E-state index contributed by atoms with van der Waals surface area (Å²) in [5.41, 5.74) is 2.71. The molecule has 7 nitrogen and oxygen atoms in total. The van der Waals surface area contributed by atoms with Crippen LogP contribution in [0.3, 0.4) is 0 Å². The molecule has 1 N–H and O–H groups in total. The highest BCUT2D eigenvalue weighted by Gasteiger charge is 2.32. The van der Waals surface area contributed by atoms with Crippen LogP contribution in [0.25, 0.3) is 28.0 Å². The van der Waals surface area contributed by atoms with Gasteiger partial charge in [-0.1, -0.05) is 24.3 Å². The lowest BCUT2D eigenvalue weighted by molar-refractivity contribution is -0.137. The van der Waals surface area contributed by atoms with Crippen molar-refractivity contribution in [3.63, 3.8) is 0 Å². The highest BCUT2D eigenvalue weighted by atomic mass is 19.4. The van der Waals surface area contributed by atoms with Gasteiger partial charge < -0.3 is 19.5 Å². The fourth-order valence-corrected chi connectivity index (χ4v) is 4.87. The zero-order chi connectivity index (χ0) is 26.2. The van der Waals surface area contributed by atoms with E-state index in [9.17, 15) is 18.3 Å².